The van der Waals surface area contributed by atoms with E-state index >= 15 is 0 Å². The monoisotopic (exact) mass is 324 g/mol. The van der Waals surface area contributed by atoms with Crippen LogP contribution in [0.5, 0.6) is 0 Å². The van der Waals surface area contributed by atoms with Gasteiger partial charge in [-0.3, -0.25) is 9.05 Å². The van der Waals surface area contributed by atoms with Crippen molar-refractivity contribution in [3.05, 3.63) is 81.5 Å². The predicted molar refractivity (Wildman–Crippen MR) is 80.7 cm³/mol. The highest BCUT2D eigenvalue weighted by molar-refractivity contribution is 5.44. The zero-order chi connectivity index (χ0) is 16.5. The van der Waals surface area contributed by atoms with Crippen LogP contribution >= 0.6 is 0 Å². The Balaban J connectivity index is 2.00. The van der Waals surface area contributed by atoms with Crippen molar-refractivity contribution in [2.45, 2.75) is 0 Å². The summed E-state index contributed by atoms with van der Waals surface area (Å²) in [7, 11) is 0. The van der Waals surface area contributed by atoms with E-state index in [1.165, 1.54) is 9.36 Å². The lowest BCUT2D eigenvalue weighted by molar-refractivity contribution is -0.687. The normalized spacial score (nSPS) is 10.8. The van der Waals surface area contributed by atoms with Crippen molar-refractivity contribution in [2.24, 2.45) is 0 Å². The zero-order valence-electron chi connectivity index (χ0n) is 12.3. The molecule has 0 aliphatic carbocycles. The van der Waals surface area contributed by atoms with E-state index in [4.69, 9.17) is 9.05 Å². The number of hydrogen-bond acceptors (Lipinski definition) is 4. The second-order valence-corrected chi connectivity index (χ2v) is 5.00. The zero-order valence-corrected chi connectivity index (χ0v) is 12.3. The molecule has 118 valence electrons. The average molecular weight is 324 g/mol. The molecule has 0 atom stereocenters. The van der Waals surface area contributed by atoms with E-state index in [-0.39, 0.29) is 11.4 Å². The molecule has 4 aromatic rings. The minimum atomic E-state index is -0.685. The molecule has 8 nitrogen and oxygen atoms in total. The van der Waals surface area contributed by atoms with Gasteiger partial charge in [0.1, 0.15) is 0 Å². The Labute approximate surface area is 134 Å². The number of aromatic nitrogens is 4. The van der Waals surface area contributed by atoms with Crippen LogP contribution in [0.15, 0.2) is 79.3 Å². The highest BCUT2D eigenvalue weighted by atomic mass is 16.5. The standard InChI is InChI=1S/C16H11N4O4/c21-15-13(19(17-23-15)11-7-3-1-4-8-11)14-16(22)24-18-20(14)12-9-5-2-6-10-12/h1-10,17H/q+1/p+1. The third-order valence-electron chi connectivity index (χ3n) is 3.55. The van der Waals surface area contributed by atoms with E-state index in [9.17, 15) is 9.59 Å². The molecule has 0 aliphatic heterocycles. The summed E-state index contributed by atoms with van der Waals surface area (Å²) in [5.74, 6) is 0. The van der Waals surface area contributed by atoms with E-state index in [1.54, 1.807) is 24.3 Å². The summed E-state index contributed by atoms with van der Waals surface area (Å²) < 4.78 is 12.6. The van der Waals surface area contributed by atoms with Crippen LogP contribution in [0.4, 0.5) is 0 Å². The van der Waals surface area contributed by atoms with Gasteiger partial charge >= 0.3 is 22.6 Å². The van der Waals surface area contributed by atoms with Gasteiger partial charge < -0.3 is 0 Å². The molecule has 4 rings (SSSR count). The molecule has 2 N–H and O–H groups in total. The van der Waals surface area contributed by atoms with Crippen LogP contribution in [0.3, 0.4) is 0 Å². The lowest BCUT2D eigenvalue weighted by Crippen LogP contribution is -2.44. The second kappa shape index (κ2) is 5.51. The van der Waals surface area contributed by atoms with Crippen LogP contribution < -0.4 is 20.6 Å². The topological polar surface area (TPSA) is 99.8 Å². The lowest BCUT2D eigenvalue weighted by atomic mass is 10.2. The lowest BCUT2D eigenvalue weighted by Gasteiger charge is -1.91. The van der Waals surface area contributed by atoms with Crippen molar-refractivity contribution < 1.29 is 18.4 Å². The van der Waals surface area contributed by atoms with Gasteiger partial charge in [0, 0.05) is 24.3 Å². The smallest absolute Gasteiger partial charge is 0.282 e. The average Bonchev–Trinajstić information content (AvgIpc) is 3.19. The fourth-order valence-electron chi connectivity index (χ4n) is 2.47. The predicted octanol–water partition coefficient (Wildman–Crippen LogP) is 0.470. The van der Waals surface area contributed by atoms with Crippen molar-refractivity contribution in [2.75, 3.05) is 0 Å². The SMILES string of the molecule is O=c1o[nH][n+](-c2ccccc2)c1-c1c(=O)o[nH][n+]1-c1ccccc1. The molecule has 2 aromatic carbocycles. The Morgan fingerprint density at radius 3 is 1.38 bits per heavy atom. The molecule has 0 aliphatic rings. The van der Waals surface area contributed by atoms with Gasteiger partial charge in [0.2, 0.25) is 11.4 Å². The Morgan fingerprint density at radius 1 is 0.625 bits per heavy atom. The fraction of sp³-hybridized carbons (Fsp3) is 0. The molecule has 24 heavy (non-hydrogen) atoms. The van der Waals surface area contributed by atoms with Crippen molar-refractivity contribution in [1.82, 2.24) is 10.5 Å². The van der Waals surface area contributed by atoms with Gasteiger partial charge in [-0.15, -0.1) is 0 Å². The minimum Gasteiger partial charge on any atom is -0.282 e. The summed E-state index contributed by atoms with van der Waals surface area (Å²) in [4.78, 5) is 24.4. The highest BCUT2D eigenvalue weighted by Crippen LogP contribution is 2.07. The van der Waals surface area contributed by atoms with Crippen molar-refractivity contribution >= 4 is 0 Å². The second-order valence-electron chi connectivity index (χ2n) is 5.00. The summed E-state index contributed by atoms with van der Waals surface area (Å²) in [6.45, 7) is 0. The molecule has 0 bridgehead atoms. The van der Waals surface area contributed by atoms with Crippen LogP contribution in [-0.2, 0) is 0 Å². The van der Waals surface area contributed by atoms with Crippen LogP contribution in [0.25, 0.3) is 22.8 Å². The van der Waals surface area contributed by atoms with Crippen LogP contribution in [0.1, 0.15) is 0 Å². The van der Waals surface area contributed by atoms with E-state index in [1.807, 2.05) is 36.4 Å². The maximum Gasteiger partial charge on any atom is 0.442 e. The molecule has 8 heteroatoms. The van der Waals surface area contributed by atoms with Gasteiger partial charge in [-0.25, -0.2) is 9.59 Å². The highest BCUT2D eigenvalue weighted by Gasteiger charge is 2.40. The van der Waals surface area contributed by atoms with Crippen molar-refractivity contribution in [3.8, 4) is 22.8 Å². The largest absolute Gasteiger partial charge is 0.442 e. The summed E-state index contributed by atoms with van der Waals surface area (Å²) >= 11 is 0. The molecule has 0 amide bonds. The molecule has 0 unspecified atom stereocenters. The Bertz CT molecular complexity index is 1000. The first-order valence-electron chi connectivity index (χ1n) is 7.14. The van der Waals surface area contributed by atoms with Gasteiger partial charge in [-0.05, 0) is 19.9 Å². The molecule has 2 aromatic heterocycles. The number of para-hydroxylation sites is 2. The van der Waals surface area contributed by atoms with E-state index in [2.05, 4.69) is 10.5 Å². The van der Waals surface area contributed by atoms with Crippen molar-refractivity contribution in [1.29, 1.82) is 0 Å². The van der Waals surface area contributed by atoms with Gasteiger partial charge in [-0.1, -0.05) is 36.4 Å². The van der Waals surface area contributed by atoms with Crippen LogP contribution in [-0.4, -0.2) is 10.5 Å². The van der Waals surface area contributed by atoms with Crippen LogP contribution in [0.2, 0.25) is 0 Å². The summed E-state index contributed by atoms with van der Waals surface area (Å²) in [5, 5.41) is 5.01. The van der Waals surface area contributed by atoms with Gasteiger partial charge in [0.15, 0.2) is 0 Å². The molecule has 2 heterocycles. The maximum atomic E-state index is 12.2. The first-order valence-corrected chi connectivity index (χ1v) is 7.14. The van der Waals surface area contributed by atoms with Gasteiger partial charge in [0.25, 0.3) is 0 Å². The first-order chi connectivity index (χ1) is 11.8. The van der Waals surface area contributed by atoms with E-state index in [0.717, 1.165) is 0 Å². The number of benzene rings is 2. The van der Waals surface area contributed by atoms with Crippen LogP contribution in [0, 0.1) is 0 Å². The first kappa shape index (κ1) is 13.9. The minimum absolute atomic E-state index is 0.0278. The number of aromatic amines is 2. The summed E-state index contributed by atoms with van der Waals surface area (Å²) in [6, 6.07) is 18.0. The summed E-state index contributed by atoms with van der Waals surface area (Å²) in [5.41, 5.74) is -0.0388. The third-order valence-corrected chi connectivity index (χ3v) is 3.55. The molecule has 0 fully saturated rings. The Hall–Kier alpha value is -3.68. The number of H-pyrrole nitrogens is 2. The number of rotatable bonds is 3. The van der Waals surface area contributed by atoms with Gasteiger partial charge in [0.05, 0.1) is 0 Å². The maximum absolute atomic E-state index is 12.2. The Morgan fingerprint density at radius 2 is 1.00 bits per heavy atom. The van der Waals surface area contributed by atoms with Gasteiger partial charge in [-0.2, -0.15) is 0 Å². The third kappa shape index (κ3) is 2.17. The molecular weight excluding hydrogens is 312 g/mol. The molecular formula is C16H12N4O4+2. The Kier molecular flexibility index (Phi) is 3.20. The quantitative estimate of drug-likeness (QED) is 0.535. The fourth-order valence-corrected chi connectivity index (χ4v) is 2.47. The number of hydrogen-bond donors (Lipinski definition) is 2. The van der Waals surface area contributed by atoms with E-state index in [0.29, 0.717) is 11.4 Å². The molecule has 0 spiro atoms. The molecule has 0 saturated heterocycles. The molecule has 0 saturated carbocycles. The number of nitrogens with one attached hydrogen (secondary N) is 2. The number of nitrogens with zero attached hydrogens (tertiary/aromatic N) is 2. The molecule has 0 radical (unpaired) electrons. The van der Waals surface area contributed by atoms with E-state index < -0.39 is 11.3 Å². The summed E-state index contributed by atoms with van der Waals surface area (Å²) in [6.07, 6.45) is 0. The van der Waals surface area contributed by atoms with Crippen molar-refractivity contribution in [3.63, 3.8) is 0 Å².